The molecule has 1 heterocycles. The maximum absolute atomic E-state index is 12.3. The lowest BCUT2D eigenvalue weighted by atomic mass is 10.2. The summed E-state index contributed by atoms with van der Waals surface area (Å²) in [6.07, 6.45) is 3.07. The number of aromatic nitrogens is 3. The number of nitrogens with zero attached hydrogens (tertiary/aromatic N) is 3. The van der Waals surface area contributed by atoms with Crippen LogP contribution in [0.1, 0.15) is 17.0 Å². The third kappa shape index (κ3) is 6.69. The number of aryl methyl sites for hydroxylation is 1. The zero-order valence-electron chi connectivity index (χ0n) is 17.4. The van der Waals surface area contributed by atoms with E-state index in [0.29, 0.717) is 16.0 Å². The van der Waals surface area contributed by atoms with E-state index >= 15 is 0 Å². The Morgan fingerprint density at radius 3 is 2.75 bits per heavy atom. The zero-order chi connectivity index (χ0) is 23.1. The monoisotopic (exact) mass is 533 g/mol. The Kier molecular flexibility index (Phi) is 8.49. The Morgan fingerprint density at radius 2 is 2.00 bits per heavy atom. The molecule has 0 spiro atoms. The molecule has 0 saturated heterocycles. The fourth-order valence-corrected chi connectivity index (χ4v) is 3.85. The molecule has 32 heavy (non-hydrogen) atoms. The first-order chi connectivity index (χ1) is 15.3. The number of nitrogens with one attached hydrogen (secondary N) is 2. The van der Waals surface area contributed by atoms with Gasteiger partial charge in [0, 0.05) is 28.3 Å². The number of carbonyl (C=O) groups is 2. The van der Waals surface area contributed by atoms with E-state index in [2.05, 4.69) is 36.8 Å². The first-order valence-corrected chi connectivity index (χ1v) is 11.8. The van der Waals surface area contributed by atoms with Crippen LogP contribution in [0.25, 0.3) is 6.08 Å². The van der Waals surface area contributed by atoms with Crippen LogP contribution in [-0.4, -0.2) is 32.3 Å². The lowest BCUT2D eigenvalue weighted by Gasteiger charge is -2.07. The maximum Gasteiger partial charge on any atom is 0.244 e. The molecule has 0 aliphatic carbocycles. The lowest BCUT2D eigenvalue weighted by molar-refractivity contribution is -0.116. The van der Waals surface area contributed by atoms with Gasteiger partial charge in [0.25, 0.3) is 0 Å². The molecular weight excluding hydrogens is 514 g/mol. The molecule has 0 fully saturated rings. The molecule has 0 bridgehead atoms. The second-order valence-electron chi connectivity index (χ2n) is 6.83. The Morgan fingerprint density at radius 1 is 1.22 bits per heavy atom. The van der Waals surface area contributed by atoms with Gasteiger partial charge >= 0.3 is 0 Å². The summed E-state index contributed by atoms with van der Waals surface area (Å²) in [4.78, 5) is 24.3. The highest BCUT2D eigenvalue weighted by Gasteiger charge is 2.12. The summed E-state index contributed by atoms with van der Waals surface area (Å²) in [5.41, 5.74) is 2.54. The predicted octanol–water partition coefficient (Wildman–Crippen LogP) is 4.60. The van der Waals surface area contributed by atoms with Crippen molar-refractivity contribution < 1.29 is 9.59 Å². The van der Waals surface area contributed by atoms with Crippen LogP contribution in [0.5, 0.6) is 0 Å². The van der Waals surface area contributed by atoms with E-state index in [1.165, 1.54) is 17.8 Å². The topological polar surface area (TPSA) is 88.9 Å². The van der Waals surface area contributed by atoms with Crippen LogP contribution < -0.4 is 10.6 Å². The normalized spacial score (nSPS) is 11.0. The van der Waals surface area contributed by atoms with Gasteiger partial charge in [-0.25, -0.2) is 0 Å². The predicted molar refractivity (Wildman–Crippen MR) is 132 cm³/mol. The highest BCUT2D eigenvalue weighted by atomic mass is 79.9. The van der Waals surface area contributed by atoms with Gasteiger partial charge in [-0.1, -0.05) is 57.5 Å². The van der Waals surface area contributed by atoms with Crippen molar-refractivity contribution in [3.8, 4) is 0 Å². The van der Waals surface area contributed by atoms with E-state index in [0.717, 1.165) is 21.3 Å². The molecule has 0 radical (unpaired) electrons. The lowest BCUT2D eigenvalue weighted by Crippen LogP contribution is -2.22. The Bertz CT molecular complexity index is 1160. The van der Waals surface area contributed by atoms with E-state index in [1.807, 2.05) is 43.3 Å². The van der Waals surface area contributed by atoms with Gasteiger partial charge in [0.2, 0.25) is 11.8 Å². The second kappa shape index (κ2) is 11.3. The summed E-state index contributed by atoms with van der Waals surface area (Å²) in [5, 5.41) is 15.0. The number of hydrogen-bond donors (Lipinski definition) is 2. The molecule has 10 heteroatoms. The summed E-state index contributed by atoms with van der Waals surface area (Å²) < 4.78 is 2.74. The average Bonchev–Trinajstić information content (AvgIpc) is 3.12. The van der Waals surface area contributed by atoms with Crippen molar-refractivity contribution in [2.45, 2.75) is 18.6 Å². The van der Waals surface area contributed by atoms with Crippen molar-refractivity contribution >= 4 is 62.9 Å². The number of carbonyl (C=O) groups excluding carboxylic acids is 2. The van der Waals surface area contributed by atoms with Crippen molar-refractivity contribution in [2.24, 2.45) is 7.05 Å². The van der Waals surface area contributed by atoms with Crippen molar-refractivity contribution in [3.63, 3.8) is 0 Å². The number of amides is 2. The molecule has 0 aliphatic heterocycles. The SMILES string of the molecule is Cc1cc(NC(=O)CSc2nnc(CNC(=O)/C=C/c3ccccc3Cl)n2C)ccc1Br. The van der Waals surface area contributed by atoms with Gasteiger partial charge in [-0.3, -0.25) is 9.59 Å². The van der Waals surface area contributed by atoms with Crippen LogP contribution in [0.3, 0.4) is 0 Å². The number of benzene rings is 2. The van der Waals surface area contributed by atoms with Gasteiger partial charge in [-0.2, -0.15) is 0 Å². The number of anilines is 1. The van der Waals surface area contributed by atoms with Crippen molar-refractivity contribution in [3.05, 3.63) is 75.0 Å². The van der Waals surface area contributed by atoms with E-state index in [1.54, 1.807) is 23.8 Å². The van der Waals surface area contributed by atoms with E-state index in [-0.39, 0.29) is 24.1 Å². The van der Waals surface area contributed by atoms with E-state index < -0.39 is 0 Å². The smallest absolute Gasteiger partial charge is 0.244 e. The summed E-state index contributed by atoms with van der Waals surface area (Å²) in [5.74, 6) is 0.357. The Labute approximate surface area is 203 Å². The van der Waals surface area contributed by atoms with Gasteiger partial charge in [-0.05, 0) is 48.4 Å². The van der Waals surface area contributed by atoms with Crippen LogP contribution in [0, 0.1) is 6.92 Å². The van der Waals surface area contributed by atoms with E-state index in [4.69, 9.17) is 11.6 Å². The third-order valence-electron chi connectivity index (χ3n) is 4.44. The largest absolute Gasteiger partial charge is 0.345 e. The molecule has 0 atom stereocenters. The molecule has 2 N–H and O–H groups in total. The molecule has 2 amide bonds. The third-order valence-corrected chi connectivity index (χ3v) is 6.69. The van der Waals surface area contributed by atoms with Crippen molar-refractivity contribution in [1.82, 2.24) is 20.1 Å². The summed E-state index contributed by atoms with van der Waals surface area (Å²) >= 11 is 10.8. The van der Waals surface area contributed by atoms with Crippen LogP contribution in [0.2, 0.25) is 5.02 Å². The Hall–Kier alpha value is -2.62. The number of hydrogen-bond acceptors (Lipinski definition) is 5. The quantitative estimate of drug-likeness (QED) is 0.326. The fraction of sp³-hybridized carbons (Fsp3) is 0.182. The first-order valence-electron chi connectivity index (χ1n) is 9.61. The van der Waals surface area contributed by atoms with Crippen molar-refractivity contribution in [2.75, 3.05) is 11.1 Å². The molecule has 166 valence electrons. The molecule has 7 nitrogen and oxygen atoms in total. The van der Waals surface area contributed by atoms with E-state index in [9.17, 15) is 9.59 Å². The number of thioether (sulfide) groups is 1. The number of halogens is 2. The standard InChI is InChI=1S/C22H21BrClN5O2S/c1-14-11-16(8-9-17(14)23)26-21(31)13-32-22-28-27-19(29(22)2)12-25-20(30)10-7-15-5-3-4-6-18(15)24/h3-11H,12-13H2,1-2H3,(H,25,30)(H,26,31)/b10-7+. The Balaban J connectivity index is 1.49. The molecule has 2 aromatic carbocycles. The van der Waals surface area contributed by atoms with Gasteiger partial charge < -0.3 is 15.2 Å². The molecular formula is C22H21BrClN5O2S. The minimum atomic E-state index is -0.272. The second-order valence-corrected chi connectivity index (χ2v) is 9.04. The molecule has 0 unspecified atom stereocenters. The molecule has 0 saturated carbocycles. The average molecular weight is 535 g/mol. The van der Waals surface area contributed by atoms with Gasteiger partial charge in [0.15, 0.2) is 11.0 Å². The van der Waals surface area contributed by atoms with Gasteiger partial charge in [-0.15, -0.1) is 10.2 Å². The maximum atomic E-state index is 12.3. The molecule has 3 aromatic rings. The summed E-state index contributed by atoms with van der Waals surface area (Å²) in [6, 6.07) is 12.9. The molecule has 0 aliphatic rings. The fourth-order valence-electron chi connectivity index (χ4n) is 2.68. The molecule has 1 aromatic heterocycles. The van der Waals surface area contributed by atoms with Crippen LogP contribution >= 0.6 is 39.3 Å². The number of rotatable bonds is 8. The molecule has 3 rings (SSSR count). The minimum Gasteiger partial charge on any atom is -0.345 e. The van der Waals surface area contributed by atoms with Crippen LogP contribution in [0.15, 0.2) is 58.2 Å². The van der Waals surface area contributed by atoms with Gasteiger partial charge in [0.05, 0.1) is 12.3 Å². The zero-order valence-corrected chi connectivity index (χ0v) is 20.6. The summed E-state index contributed by atoms with van der Waals surface area (Å²) in [7, 11) is 1.79. The van der Waals surface area contributed by atoms with Gasteiger partial charge in [0.1, 0.15) is 0 Å². The highest BCUT2D eigenvalue weighted by Crippen LogP contribution is 2.21. The van der Waals surface area contributed by atoms with Crippen molar-refractivity contribution in [1.29, 1.82) is 0 Å². The summed E-state index contributed by atoms with van der Waals surface area (Å²) in [6.45, 7) is 2.17. The minimum absolute atomic E-state index is 0.140. The first kappa shape index (κ1) is 24.0. The van der Waals surface area contributed by atoms with Crippen LogP contribution in [-0.2, 0) is 23.2 Å². The highest BCUT2D eigenvalue weighted by molar-refractivity contribution is 9.10. The van der Waals surface area contributed by atoms with Crippen LogP contribution in [0.4, 0.5) is 5.69 Å².